The summed E-state index contributed by atoms with van der Waals surface area (Å²) in [6.45, 7) is 1.74. The third-order valence-electron chi connectivity index (χ3n) is 5.01. The summed E-state index contributed by atoms with van der Waals surface area (Å²) in [6, 6.07) is 18.0. The van der Waals surface area contributed by atoms with Gasteiger partial charge in [-0.2, -0.15) is 0 Å². The first kappa shape index (κ1) is 22.7. The van der Waals surface area contributed by atoms with Gasteiger partial charge in [-0.15, -0.1) is 0 Å². The summed E-state index contributed by atoms with van der Waals surface area (Å²) in [4.78, 5) is 2.22. The molecule has 0 bridgehead atoms. The van der Waals surface area contributed by atoms with Crippen LogP contribution in [0.15, 0.2) is 71.6 Å². The van der Waals surface area contributed by atoms with Crippen molar-refractivity contribution in [3.8, 4) is 17.2 Å². The zero-order valence-electron chi connectivity index (χ0n) is 17.3. The summed E-state index contributed by atoms with van der Waals surface area (Å²) in [5.41, 5.74) is 0.355. The van der Waals surface area contributed by atoms with E-state index in [9.17, 15) is 8.42 Å². The molecular formula is C23H22Cl2N2O4S. The van der Waals surface area contributed by atoms with Gasteiger partial charge in [-0.05, 0) is 49.9 Å². The highest BCUT2D eigenvalue weighted by Gasteiger charge is 2.22. The molecule has 0 aliphatic carbocycles. The Labute approximate surface area is 197 Å². The second-order valence-corrected chi connectivity index (χ2v) is 10.0. The van der Waals surface area contributed by atoms with Crippen LogP contribution < -0.4 is 14.2 Å². The van der Waals surface area contributed by atoms with Crippen LogP contribution in [0.3, 0.4) is 0 Å². The molecule has 3 aromatic rings. The molecule has 1 aliphatic heterocycles. The van der Waals surface area contributed by atoms with Crippen LogP contribution in [0.4, 0.5) is 5.69 Å². The van der Waals surface area contributed by atoms with Crippen LogP contribution in [0.25, 0.3) is 0 Å². The third-order valence-corrected chi connectivity index (χ3v) is 7.01. The summed E-state index contributed by atoms with van der Waals surface area (Å²) in [5, 5.41) is 0.860. The number of nitrogens with one attached hydrogen (secondary N) is 1. The maximum absolute atomic E-state index is 13.0. The van der Waals surface area contributed by atoms with Gasteiger partial charge in [0.05, 0.1) is 20.6 Å². The van der Waals surface area contributed by atoms with E-state index < -0.39 is 10.0 Å². The fourth-order valence-corrected chi connectivity index (χ4v) is 4.82. The number of hydrogen-bond acceptors (Lipinski definition) is 5. The molecule has 0 spiro atoms. The standard InChI is InChI=1S/C23H22Cl2N2O4S/c1-27-12-11-18(15-27)31-23-13-16(9-10-21(23)25)26-32(28,29)19-6-4-5-17(14-19)30-22-8-3-2-7-20(22)24/h2-10,13-14,18,26H,11-12,15H2,1H3/t18-/m1/s1. The Balaban J connectivity index is 1.52. The second-order valence-electron chi connectivity index (χ2n) is 7.55. The van der Waals surface area contributed by atoms with E-state index in [1.807, 2.05) is 7.05 Å². The van der Waals surface area contributed by atoms with E-state index in [4.69, 9.17) is 32.7 Å². The number of ether oxygens (including phenoxy) is 2. The largest absolute Gasteiger partial charge is 0.487 e. The minimum absolute atomic E-state index is 0.0167. The number of likely N-dealkylation sites (N-methyl/N-ethyl adjacent to an activating group) is 1. The molecule has 0 aromatic heterocycles. The van der Waals surface area contributed by atoms with Crippen LogP contribution in [-0.2, 0) is 10.0 Å². The predicted molar refractivity (Wildman–Crippen MR) is 127 cm³/mol. The van der Waals surface area contributed by atoms with Crippen molar-refractivity contribution in [2.75, 3.05) is 24.9 Å². The number of hydrogen-bond donors (Lipinski definition) is 1. The van der Waals surface area contributed by atoms with Crippen LogP contribution in [0.1, 0.15) is 6.42 Å². The first-order chi connectivity index (χ1) is 15.3. The minimum atomic E-state index is -3.87. The van der Waals surface area contributed by atoms with Gasteiger partial charge in [0.1, 0.15) is 23.4 Å². The molecule has 32 heavy (non-hydrogen) atoms. The number of nitrogens with zero attached hydrogens (tertiary/aromatic N) is 1. The molecular weight excluding hydrogens is 471 g/mol. The van der Waals surface area contributed by atoms with Crippen LogP contribution in [0, 0.1) is 0 Å². The van der Waals surface area contributed by atoms with Crippen molar-refractivity contribution < 1.29 is 17.9 Å². The van der Waals surface area contributed by atoms with Crippen molar-refractivity contribution in [1.82, 2.24) is 4.90 Å². The van der Waals surface area contributed by atoms with Crippen molar-refractivity contribution in [3.05, 3.63) is 76.8 Å². The first-order valence-corrected chi connectivity index (χ1v) is 12.2. The molecule has 1 saturated heterocycles. The Morgan fingerprint density at radius 3 is 2.50 bits per heavy atom. The zero-order chi connectivity index (χ0) is 22.7. The number of rotatable bonds is 7. The van der Waals surface area contributed by atoms with Crippen LogP contribution in [0.2, 0.25) is 10.0 Å². The van der Waals surface area contributed by atoms with E-state index in [2.05, 4.69) is 9.62 Å². The summed E-state index contributed by atoms with van der Waals surface area (Å²) in [7, 11) is -1.85. The van der Waals surface area contributed by atoms with Crippen molar-refractivity contribution in [2.24, 2.45) is 0 Å². The molecule has 168 valence electrons. The molecule has 1 heterocycles. The van der Waals surface area contributed by atoms with Crippen LogP contribution >= 0.6 is 23.2 Å². The smallest absolute Gasteiger partial charge is 0.262 e. The Morgan fingerprint density at radius 2 is 1.75 bits per heavy atom. The molecule has 6 nitrogen and oxygen atoms in total. The van der Waals surface area contributed by atoms with Crippen molar-refractivity contribution in [2.45, 2.75) is 17.4 Å². The van der Waals surface area contributed by atoms with Crippen molar-refractivity contribution in [1.29, 1.82) is 0 Å². The number of anilines is 1. The lowest BCUT2D eigenvalue weighted by molar-refractivity contribution is 0.208. The third kappa shape index (κ3) is 5.48. The van der Waals surface area contributed by atoms with E-state index in [1.54, 1.807) is 54.6 Å². The maximum atomic E-state index is 13.0. The van der Waals surface area contributed by atoms with Gasteiger partial charge in [0.15, 0.2) is 0 Å². The lowest BCUT2D eigenvalue weighted by atomic mass is 10.3. The second kappa shape index (κ2) is 9.58. The van der Waals surface area contributed by atoms with Gasteiger partial charge in [0, 0.05) is 25.2 Å². The van der Waals surface area contributed by atoms with Gasteiger partial charge in [-0.25, -0.2) is 8.42 Å². The Hall–Kier alpha value is -2.45. The van der Waals surface area contributed by atoms with Crippen molar-refractivity contribution in [3.63, 3.8) is 0 Å². The summed E-state index contributed by atoms with van der Waals surface area (Å²) in [6.07, 6.45) is 0.907. The van der Waals surface area contributed by atoms with Gasteiger partial charge in [-0.3, -0.25) is 4.72 Å². The quantitative estimate of drug-likeness (QED) is 0.460. The molecule has 3 aromatic carbocycles. The number of para-hydroxylation sites is 1. The average molecular weight is 493 g/mol. The van der Waals surface area contributed by atoms with Gasteiger partial charge < -0.3 is 14.4 Å². The van der Waals surface area contributed by atoms with Crippen molar-refractivity contribution >= 4 is 38.9 Å². The van der Waals surface area contributed by atoms with Crippen LogP contribution in [-0.4, -0.2) is 39.6 Å². The topological polar surface area (TPSA) is 67.9 Å². The highest BCUT2D eigenvalue weighted by atomic mass is 35.5. The zero-order valence-corrected chi connectivity index (χ0v) is 19.6. The van der Waals surface area contributed by atoms with E-state index in [0.29, 0.717) is 33.0 Å². The summed E-state index contributed by atoms with van der Waals surface area (Å²) >= 11 is 12.4. The lowest BCUT2D eigenvalue weighted by Crippen LogP contribution is -2.21. The SMILES string of the molecule is CN1CC[C@@H](Oc2cc(NS(=O)(=O)c3cccc(Oc4ccccc4Cl)c3)ccc2Cl)C1. The van der Waals surface area contributed by atoms with E-state index in [0.717, 1.165) is 19.5 Å². The molecule has 1 N–H and O–H groups in total. The van der Waals surface area contributed by atoms with Gasteiger partial charge >= 0.3 is 0 Å². The van der Waals surface area contributed by atoms with E-state index in [1.165, 1.54) is 12.1 Å². The monoisotopic (exact) mass is 492 g/mol. The Morgan fingerprint density at radius 1 is 0.969 bits per heavy atom. The van der Waals surface area contributed by atoms with E-state index >= 15 is 0 Å². The molecule has 4 rings (SSSR count). The molecule has 0 radical (unpaired) electrons. The minimum Gasteiger partial charge on any atom is -0.487 e. The molecule has 0 unspecified atom stereocenters. The fraction of sp³-hybridized carbons (Fsp3) is 0.217. The normalized spacial score (nSPS) is 16.7. The first-order valence-electron chi connectivity index (χ1n) is 10.0. The fourth-order valence-electron chi connectivity index (χ4n) is 3.40. The summed E-state index contributed by atoms with van der Waals surface area (Å²) in [5.74, 6) is 1.24. The van der Waals surface area contributed by atoms with Gasteiger partial charge in [-0.1, -0.05) is 41.4 Å². The molecule has 9 heteroatoms. The maximum Gasteiger partial charge on any atom is 0.262 e. The molecule has 1 atom stereocenters. The number of sulfonamides is 1. The van der Waals surface area contributed by atoms with Gasteiger partial charge in [0.25, 0.3) is 10.0 Å². The predicted octanol–water partition coefficient (Wildman–Crippen LogP) is 5.67. The highest BCUT2D eigenvalue weighted by Crippen LogP contribution is 2.32. The average Bonchev–Trinajstić information content (AvgIpc) is 3.17. The lowest BCUT2D eigenvalue weighted by Gasteiger charge is -2.16. The highest BCUT2D eigenvalue weighted by molar-refractivity contribution is 7.92. The molecule has 0 saturated carbocycles. The summed E-state index contributed by atoms with van der Waals surface area (Å²) < 4.78 is 40.3. The molecule has 1 aliphatic rings. The van der Waals surface area contributed by atoms with E-state index in [-0.39, 0.29) is 11.0 Å². The Kier molecular flexibility index (Phi) is 6.81. The Bertz CT molecular complexity index is 1220. The molecule has 1 fully saturated rings. The van der Waals surface area contributed by atoms with Gasteiger partial charge in [0.2, 0.25) is 0 Å². The number of likely N-dealkylation sites (tertiary alicyclic amines) is 1. The number of benzene rings is 3. The molecule has 0 amide bonds. The van der Waals surface area contributed by atoms with Crippen LogP contribution in [0.5, 0.6) is 17.2 Å². The number of halogens is 2.